The molecule has 2 N–H and O–H groups in total. The topological polar surface area (TPSA) is 69.6 Å². The summed E-state index contributed by atoms with van der Waals surface area (Å²) in [6.07, 6.45) is 0.421. The number of likely N-dealkylation sites (tertiary alicyclic amines) is 1. The number of rotatable bonds is 2. The number of aliphatic carboxylic acids is 1. The van der Waals surface area contributed by atoms with Gasteiger partial charge in [-0.05, 0) is 31.0 Å². The molecule has 1 atom stereocenters. The van der Waals surface area contributed by atoms with E-state index < -0.39 is 23.7 Å². The molecular weight excluding hydrogens is 331 g/mol. The van der Waals surface area contributed by atoms with Crippen LogP contribution in [0, 0.1) is 18.7 Å². The summed E-state index contributed by atoms with van der Waals surface area (Å²) < 4.78 is 14.4. The second kappa shape index (κ2) is 5.78. The molecule has 0 spiro atoms. The highest BCUT2D eigenvalue weighted by molar-refractivity contribution is 9.10. The number of carboxylic acids is 1. The zero-order valence-corrected chi connectivity index (χ0v) is 12.4. The van der Waals surface area contributed by atoms with Crippen LogP contribution in [0.4, 0.5) is 14.9 Å². The van der Waals surface area contributed by atoms with Gasteiger partial charge in [0.2, 0.25) is 0 Å². The first-order valence-electron chi connectivity index (χ1n) is 6.13. The Labute approximate surface area is 123 Å². The van der Waals surface area contributed by atoms with E-state index in [1.807, 2.05) is 0 Å². The predicted octanol–water partition coefficient (Wildman–Crippen LogP) is 2.84. The van der Waals surface area contributed by atoms with Crippen LogP contribution in [0.3, 0.4) is 0 Å². The van der Waals surface area contributed by atoms with Crippen LogP contribution in [0.1, 0.15) is 12.0 Å². The first-order chi connectivity index (χ1) is 9.38. The molecule has 20 heavy (non-hydrogen) atoms. The number of benzene rings is 1. The molecule has 7 heteroatoms. The third-order valence-electron chi connectivity index (χ3n) is 3.31. The lowest BCUT2D eigenvalue weighted by molar-refractivity contribution is -0.141. The SMILES string of the molecule is Cc1cc(NC(=O)N2CCC(C(=O)O)C2)c(F)cc1Br. The van der Waals surface area contributed by atoms with Gasteiger partial charge < -0.3 is 15.3 Å². The molecule has 1 aliphatic heterocycles. The molecule has 0 radical (unpaired) electrons. The Bertz CT molecular complexity index is 565. The summed E-state index contributed by atoms with van der Waals surface area (Å²) >= 11 is 3.21. The quantitative estimate of drug-likeness (QED) is 0.866. The summed E-state index contributed by atoms with van der Waals surface area (Å²) in [5, 5.41) is 11.4. The normalized spacial score (nSPS) is 18.1. The lowest BCUT2D eigenvalue weighted by Gasteiger charge is -2.17. The molecule has 0 saturated carbocycles. The molecule has 0 aliphatic carbocycles. The van der Waals surface area contributed by atoms with Crippen LogP contribution in [0.5, 0.6) is 0 Å². The van der Waals surface area contributed by atoms with Gasteiger partial charge in [-0.15, -0.1) is 0 Å². The lowest BCUT2D eigenvalue weighted by Crippen LogP contribution is -2.34. The Morgan fingerprint density at radius 1 is 1.50 bits per heavy atom. The number of hydrogen-bond donors (Lipinski definition) is 2. The number of carboxylic acid groups (broad SMARTS) is 1. The van der Waals surface area contributed by atoms with Crippen molar-refractivity contribution in [2.75, 3.05) is 18.4 Å². The highest BCUT2D eigenvalue weighted by Crippen LogP contribution is 2.25. The van der Waals surface area contributed by atoms with E-state index in [-0.39, 0.29) is 12.2 Å². The van der Waals surface area contributed by atoms with Crippen LogP contribution >= 0.6 is 15.9 Å². The molecule has 1 unspecified atom stereocenters. The van der Waals surface area contributed by atoms with Gasteiger partial charge in [-0.1, -0.05) is 15.9 Å². The number of carbonyl (C=O) groups excluding carboxylic acids is 1. The van der Waals surface area contributed by atoms with Gasteiger partial charge in [0.15, 0.2) is 0 Å². The van der Waals surface area contributed by atoms with Gasteiger partial charge in [-0.2, -0.15) is 0 Å². The van der Waals surface area contributed by atoms with Gasteiger partial charge in [0.05, 0.1) is 11.6 Å². The van der Waals surface area contributed by atoms with Crippen molar-refractivity contribution >= 4 is 33.6 Å². The molecule has 1 aromatic carbocycles. The minimum Gasteiger partial charge on any atom is -0.481 e. The van der Waals surface area contributed by atoms with Crippen molar-refractivity contribution in [3.8, 4) is 0 Å². The van der Waals surface area contributed by atoms with Gasteiger partial charge in [0.25, 0.3) is 0 Å². The number of aryl methyl sites for hydroxylation is 1. The van der Waals surface area contributed by atoms with Gasteiger partial charge >= 0.3 is 12.0 Å². The van der Waals surface area contributed by atoms with E-state index in [1.54, 1.807) is 6.92 Å². The predicted molar refractivity (Wildman–Crippen MR) is 75.2 cm³/mol. The zero-order valence-electron chi connectivity index (χ0n) is 10.8. The maximum atomic E-state index is 13.7. The molecular formula is C13H14BrFN2O3. The highest BCUT2D eigenvalue weighted by atomic mass is 79.9. The van der Waals surface area contributed by atoms with Crippen LogP contribution in [-0.4, -0.2) is 35.1 Å². The van der Waals surface area contributed by atoms with E-state index in [9.17, 15) is 14.0 Å². The Morgan fingerprint density at radius 2 is 2.20 bits per heavy atom. The maximum Gasteiger partial charge on any atom is 0.321 e. The van der Waals surface area contributed by atoms with Crippen LogP contribution in [-0.2, 0) is 4.79 Å². The van der Waals surface area contributed by atoms with Crippen molar-refractivity contribution < 1.29 is 19.1 Å². The van der Waals surface area contributed by atoms with Crippen molar-refractivity contribution in [1.29, 1.82) is 0 Å². The fourth-order valence-corrected chi connectivity index (χ4v) is 2.41. The third kappa shape index (κ3) is 3.09. The molecule has 5 nitrogen and oxygen atoms in total. The fraction of sp³-hybridized carbons (Fsp3) is 0.385. The first kappa shape index (κ1) is 14.8. The van der Waals surface area contributed by atoms with Gasteiger partial charge in [-0.25, -0.2) is 9.18 Å². The Hall–Kier alpha value is -1.63. The minimum atomic E-state index is -0.911. The van der Waals surface area contributed by atoms with Crippen molar-refractivity contribution in [1.82, 2.24) is 4.90 Å². The van der Waals surface area contributed by atoms with E-state index in [0.29, 0.717) is 17.4 Å². The summed E-state index contributed by atoms with van der Waals surface area (Å²) in [4.78, 5) is 24.2. The monoisotopic (exact) mass is 344 g/mol. The molecule has 1 saturated heterocycles. The minimum absolute atomic E-state index is 0.0921. The number of anilines is 1. The lowest BCUT2D eigenvalue weighted by atomic mass is 10.1. The van der Waals surface area contributed by atoms with Gasteiger partial charge in [0.1, 0.15) is 5.82 Å². The molecule has 1 fully saturated rings. The number of halogens is 2. The Kier molecular flexibility index (Phi) is 4.27. The molecule has 2 rings (SSSR count). The highest BCUT2D eigenvalue weighted by Gasteiger charge is 2.31. The summed E-state index contributed by atoms with van der Waals surface area (Å²) in [5.74, 6) is -1.99. The average molecular weight is 345 g/mol. The van der Waals surface area contributed by atoms with Gasteiger partial charge in [-0.3, -0.25) is 4.79 Å². The fourth-order valence-electron chi connectivity index (χ4n) is 2.09. The molecule has 1 aromatic rings. The Morgan fingerprint density at radius 3 is 2.80 bits per heavy atom. The second-order valence-electron chi connectivity index (χ2n) is 4.78. The average Bonchev–Trinajstić information content (AvgIpc) is 2.85. The summed E-state index contributed by atoms with van der Waals surface area (Å²) in [7, 11) is 0. The summed E-state index contributed by atoms with van der Waals surface area (Å²) in [6.45, 7) is 2.30. The maximum absolute atomic E-state index is 13.7. The van der Waals surface area contributed by atoms with Crippen LogP contribution in [0.25, 0.3) is 0 Å². The molecule has 2 amide bonds. The standard InChI is InChI=1S/C13H14BrFN2O3/c1-7-4-11(10(15)5-9(7)14)16-13(20)17-3-2-8(6-17)12(18)19/h4-5,8H,2-3,6H2,1H3,(H,16,20)(H,18,19). The van der Waals surface area contributed by atoms with E-state index in [4.69, 9.17) is 5.11 Å². The van der Waals surface area contributed by atoms with Crippen molar-refractivity contribution in [3.63, 3.8) is 0 Å². The zero-order chi connectivity index (χ0) is 14.9. The molecule has 108 valence electrons. The second-order valence-corrected chi connectivity index (χ2v) is 5.64. The van der Waals surface area contributed by atoms with Crippen LogP contribution < -0.4 is 5.32 Å². The number of nitrogens with zero attached hydrogens (tertiary/aromatic N) is 1. The van der Waals surface area contributed by atoms with Crippen LogP contribution in [0.15, 0.2) is 16.6 Å². The van der Waals surface area contributed by atoms with Crippen molar-refractivity contribution in [3.05, 3.63) is 28.0 Å². The molecule has 1 heterocycles. The van der Waals surface area contributed by atoms with E-state index >= 15 is 0 Å². The van der Waals surface area contributed by atoms with Crippen LogP contribution in [0.2, 0.25) is 0 Å². The van der Waals surface area contributed by atoms with Crippen molar-refractivity contribution in [2.24, 2.45) is 5.92 Å². The summed E-state index contributed by atoms with van der Waals surface area (Å²) in [5.41, 5.74) is 0.890. The van der Waals surface area contributed by atoms with E-state index in [1.165, 1.54) is 17.0 Å². The number of amides is 2. The molecule has 1 aliphatic rings. The number of hydrogen-bond acceptors (Lipinski definition) is 2. The first-order valence-corrected chi connectivity index (χ1v) is 6.92. The third-order valence-corrected chi connectivity index (χ3v) is 4.17. The van der Waals surface area contributed by atoms with E-state index in [2.05, 4.69) is 21.2 Å². The number of urea groups is 1. The van der Waals surface area contributed by atoms with E-state index in [0.717, 1.165) is 5.56 Å². The number of nitrogens with one attached hydrogen (secondary N) is 1. The number of carbonyl (C=O) groups is 2. The Balaban J connectivity index is 2.06. The molecule has 0 aromatic heterocycles. The smallest absolute Gasteiger partial charge is 0.321 e. The van der Waals surface area contributed by atoms with Crippen molar-refractivity contribution in [2.45, 2.75) is 13.3 Å². The van der Waals surface area contributed by atoms with Gasteiger partial charge in [0, 0.05) is 17.6 Å². The molecule has 0 bridgehead atoms. The summed E-state index contributed by atoms with van der Waals surface area (Å²) in [6, 6.07) is 2.34. The largest absolute Gasteiger partial charge is 0.481 e.